The van der Waals surface area contributed by atoms with Crippen LogP contribution in [0.2, 0.25) is 0 Å². The number of aryl methyl sites for hydroxylation is 1. The van der Waals surface area contributed by atoms with Crippen LogP contribution in [0.3, 0.4) is 0 Å². The van der Waals surface area contributed by atoms with E-state index in [1.807, 2.05) is 0 Å². The number of fused-ring (bicyclic) bond motifs is 5. The van der Waals surface area contributed by atoms with Gasteiger partial charge in [0.1, 0.15) is 12.1 Å². The van der Waals surface area contributed by atoms with Crippen LogP contribution in [0.5, 0.6) is 0 Å². The average molecular weight is 1340 g/mol. The number of aromatic nitrogens is 1. The molecule has 2 aromatic carbocycles. The molecule has 4 aliphatic heterocycles. The van der Waals surface area contributed by atoms with E-state index in [0.29, 0.717) is 39.8 Å². The van der Waals surface area contributed by atoms with Crippen molar-refractivity contribution < 1.29 is 82.4 Å². The molecule has 7 rings (SSSR count). The fraction of sp³-hybridized carbons (Fsp3) is 0.576. The predicted molar refractivity (Wildman–Crippen MR) is 347 cm³/mol. The number of likely N-dealkylation sites (tertiary alicyclic amines) is 1. The Balaban J connectivity index is 1.13. The molecule has 3 aromatic rings. The van der Waals surface area contributed by atoms with E-state index in [2.05, 4.69) is 47.5 Å². The van der Waals surface area contributed by atoms with Crippen molar-refractivity contribution in [3.63, 3.8) is 0 Å². The number of anilines is 1. The zero-order chi connectivity index (χ0) is 69.5. The minimum absolute atomic E-state index is 0.0123. The van der Waals surface area contributed by atoms with Crippen LogP contribution in [0.25, 0.3) is 10.9 Å². The second-order valence-corrected chi connectivity index (χ2v) is 26.7. The summed E-state index contributed by atoms with van der Waals surface area (Å²) in [7, 11) is 0. The van der Waals surface area contributed by atoms with Crippen LogP contribution in [-0.2, 0) is 86.5 Å². The molecule has 0 saturated carbocycles. The molecule has 13 atom stereocenters. The van der Waals surface area contributed by atoms with Crippen molar-refractivity contribution in [2.75, 3.05) is 44.4 Å². The van der Waals surface area contributed by atoms with Crippen LogP contribution >= 0.6 is 11.8 Å². The Morgan fingerprint density at radius 1 is 0.768 bits per heavy atom. The first-order valence-electron chi connectivity index (χ1n) is 32.3. The van der Waals surface area contributed by atoms with Crippen LogP contribution in [0.15, 0.2) is 48.5 Å². The minimum atomic E-state index is -1.58. The Kier molecular flexibility index (Phi) is 26.3. The third-order valence-corrected chi connectivity index (χ3v) is 19.3. The fourth-order valence-electron chi connectivity index (χ4n) is 12.4. The first kappa shape index (κ1) is 74.0. The molecule has 5 heterocycles. The molecule has 0 spiro atoms. The van der Waals surface area contributed by atoms with Crippen LogP contribution < -0.4 is 42.5 Å². The van der Waals surface area contributed by atoms with E-state index in [1.54, 1.807) is 89.4 Å². The number of nitrogens with zero attached hydrogens (tertiary/aromatic N) is 2. The number of hydrogen-bond acceptors (Lipinski definition) is 18. The molecule has 1 aromatic heterocycles. The van der Waals surface area contributed by atoms with Crippen molar-refractivity contribution in [1.82, 2.24) is 52.0 Å². The number of imide groups is 1. The summed E-state index contributed by atoms with van der Waals surface area (Å²) in [5, 5.41) is 53.8. The first-order valence-corrected chi connectivity index (χ1v) is 33.6. The SMILES string of the molecule is CC[C@H](C)[C@@H]1NC(=O)CNC(=O)[C@H]2Cc3c([nH]c4ccccc34)CC[C@H](NC(=O)CNC1=O)C(=O)C[C@@H](CC(=O)NCc1ccc(NC(=O)[C@H](C)CC(=O)C(NC(=O)CCN3C(=O)CC(SC)C3=O)C(C)C)cc1)C(=O)N1C[C@H](O)C[C@H]1C(=O)C[C@@H]([C@@H](C)[C@@H](O)CO)C(=O)N2. The highest BCUT2D eigenvalue weighted by Crippen LogP contribution is 2.32. The van der Waals surface area contributed by atoms with Gasteiger partial charge in [0.25, 0.3) is 0 Å². The molecule has 2 saturated heterocycles. The maximum absolute atomic E-state index is 15.1. The molecule has 2 unspecified atom stereocenters. The Labute approximate surface area is 554 Å². The smallest absolute Gasteiger partial charge is 0.243 e. The van der Waals surface area contributed by atoms with Crippen molar-refractivity contribution in [2.45, 2.75) is 166 Å². The lowest BCUT2D eigenvalue weighted by Crippen LogP contribution is -2.56. The van der Waals surface area contributed by atoms with Gasteiger partial charge in [0.05, 0.1) is 61.2 Å². The highest BCUT2D eigenvalue weighted by molar-refractivity contribution is 8.00. The molecule has 2 fully saturated rings. The number of nitrogens with one attached hydrogen (secondary N) is 9. The lowest BCUT2D eigenvalue weighted by Gasteiger charge is -2.32. The standard InChI is InChI=1S/C66H89N11O17S/c1-8-34(4)60-64(92)69-29-56(86)72-46-18-17-45-43(41-11-9-10-12-44(41)71-45)25-47(63(91)68-30-57(87)75-60)73-62(90)42(36(6)52(83)32-78)26-50(81)48-24-40(79)31-77(48)65(93)38(22-49(46)80)23-55(85)67-28-37-13-15-39(16-14-37)70-61(89)35(5)21-51(82)59(33(2)3)74-54(84)19-20-76-58(88)27-53(95-7)66(76)94/h9-16,33-36,38,40,42,46-48,52-53,59-60,71,78-79,83H,8,17-32H2,1-7H3,(H,67,85)(H,68,91)(H,69,92)(H,70,89)(H,72,86)(H,73,90)(H,74,84)(H,75,87)/t34-,35+,36+,38-,40+,42-,46-,47+,48-,52-,53?,59?,60-/m0/s1. The normalized spacial score (nSPS) is 24.7. The van der Waals surface area contributed by atoms with Gasteiger partial charge in [-0.15, -0.1) is 0 Å². The molecular formula is C66H89N11O17S. The van der Waals surface area contributed by atoms with E-state index in [1.165, 1.54) is 18.7 Å². The molecule has 28 nitrogen and oxygen atoms in total. The zero-order valence-corrected chi connectivity index (χ0v) is 55.4. The van der Waals surface area contributed by atoms with E-state index in [-0.39, 0.29) is 75.8 Å². The number of Topliss-reactive ketones (excluding diaryl/α,β-unsaturated/α-hetero) is 3. The van der Waals surface area contributed by atoms with Crippen molar-refractivity contribution in [2.24, 2.45) is 35.5 Å². The first-order chi connectivity index (χ1) is 45.1. The molecule has 516 valence electrons. The summed E-state index contributed by atoms with van der Waals surface area (Å²) in [5.74, 6) is -15.4. The number of rotatable bonds is 20. The van der Waals surface area contributed by atoms with Gasteiger partial charge in [0.15, 0.2) is 17.3 Å². The third-order valence-electron chi connectivity index (χ3n) is 18.4. The number of H-pyrrole nitrogens is 1. The average Bonchev–Trinajstić information content (AvgIpc) is 1.77. The van der Waals surface area contributed by atoms with E-state index >= 15 is 9.59 Å². The van der Waals surface area contributed by atoms with Gasteiger partial charge < -0.3 is 67.7 Å². The number of carbonyl (C=O) groups excluding carboxylic acids is 14. The number of para-hydroxylation sites is 1. The second-order valence-electron chi connectivity index (χ2n) is 25.7. The Hall–Kier alpha value is -8.41. The van der Waals surface area contributed by atoms with Gasteiger partial charge in [-0.05, 0) is 66.2 Å². The van der Waals surface area contributed by atoms with Gasteiger partial charge >= 0.3 is 0 Å². The lowest BCUT2D eigenvalue weighted by atomic mass is 9.82. The second kappa shape index (κ2) is 33.8. The Morgan fingerprint density at radius 2 is 1.45 bits per heavy atom. The number of thioether (sulfide) groups is 1. The zero-order valence-electron chi connectivity index (χ0n) is 54.6. The van der Waals surface area contributed by atoms with Crippen LogP contribution in [0.4, 0.5) is 5.69 Å². The van der Waals surface area contributed by atoms with Crippen molar-refractivity contribution in [3.05, 3.63) is 65.4 Å². The Morgan fingerprint density at radius 3 is 2.12 bits per heavy atom. The van der Waals surface area contributed by atoms with E-state index in [4.69, 9.17) is 0 Å². The van der Waals surface area contributed by atoms with Crippen molar-refractivity contribution in [3.8, 4) is 0 Å². The number of benzene rings is 2. The van der Waals surface area contributed by atoms with Crippen molar-refractivity contribution >= 4 is 111 Å². The van der Waals surface area contributed by atoms with Crippen LogP contribution in [-0.4, -0.2) is 199 Å². The predicted octanol–water partition coefficient (Wildman–Crippen LogP) is -0.233. The molecule has 95 heavy (non-hydrogen) atoms. The van der Waals surface area contributed by atoms with Gasteiger partial charge in [-0.2, -0.15) is 11.8 Å². The van der Waals surface area contributed by atoms with E-state index in [9.17, 15) is 72.9 Å². The van der Waals surface area contributed by atoms with Gasteiger partial charge in [-0.3, -0.25) is 72.0 Å². The van der Waals surface area contributed by atoms with Crippen LogP contribution in [0, 0.1) is 35.5 Å². The third kappa shape index (κ3) is 19.4. The van der Waals surface area contributed by atoms with E-state index < -0.39 is 193 Å². The van der Waals surface area contributed by atoms with E-state index in [0.717, 1.165) is 9.80 Å². The van der Waals surface area contributed by atoms with Gasteiger partial charge in [0.2, 0.25) is 65.0 Å². The number of aromatic amines is 1. The monoisotopic (exact) mass is 1340 g/mol. The maximum Gasteiger partial charge on any atom is 0.243 e. The number of amides is 11. The highest BCUT2D eigenvalue weighted by atomic mass is 32.2. The molecule has 4 aliphatic rings. The summed E-state index contributed by atoms with van der Waals surface area (Å²) in [5.41, 5.74) is 2.39. The summed E-state index contributed by atoms with van der Waals surface area (Å²) < 4.78 is 0. The quantitative estimate of drug-likeness (QED) is 0.0650. The lowest BCUT2D eigenvalue weighted by molar-refractivity contribution is -0.145. The number of aliphatic hydroxyl groups excluding tert-OH is 3. The molecule has 2 bridgehead atoms. The maximum atomic E-state index is 15.1. The van der Waals surface area contributed by atoms with Crippen molar-refractivity contribution in [1.29, 1.82) is 0 Å². The topological polar surface area (TPSA) is 418 Å². The summed E-state index contributed by atoms with van der Waals surface area (Å²) in [6.07, 6.45) is -3.98. The van der Waals surface area contributed by atoms with Crippen LogP contribution in [0.1, 0.15) is 116 Å². The summed E-state index contributed by atoms with van der Waals surface area (Å²) in [4.78, 5) is 200. The molecule has 11 amide bonds. The summed E-state index contributed by atoms with van der Waals surface area (Å²) >= 11 is 1.26. The molecular weight excluding hydrogens is 1250 g/mol. The Bertz CT molecular complexity index is 3390. The number of aliphatic hydroxyl groups is 3. The van der Waals surface area contributed by atoms with Gasteiger partial charge in [-0.25, -0.2) is 0 Å². The fourth-order valence-corrected chi connectivity index (χ4v) is 13.0. The molecule has 0 radical (unpaired) electrons. The molecule has 0 aliphatic carbocycles. The molecule has 12 N–H and O–H groups in total. The number of ketones is 3. The number of hydrogen-bond donors (Lipinski definition) is 12. The summed E-state index contributed by atoms with van der Waals surface area (Å²) in [6.45, 7) is 7.03. The largest absolute Gasteiger partial charge is 0.394 e. The minimum Gasteiger partial charge on any atom is -0.394 e. The molecule has 29 heteroatoms. The summed E-state index contributed by atoms with van der Waals surface area (Å²) in [6, 6.07) is 6.80. The number of carbonyl (C=O) groups is 14. The van der Waals surface area contributed by atoms with Gasteiger partial charge in [0, 0.05) is 105 Å². The van der Waals surface area contributed by atoms with Gasteiger partial charge in [-0.1, -0.05) is 78.3 Å². The highest BCUT2D eigenvalue weighted by Gasteiger charge is 2.46.